The molecule has 4 unspecified atom stereocenters. The minimum Gasteiger partial charge on any atom is -0.444 e. The zero-order chi connectivity index (χ0) is 16.4. The Morgan fingerprint density at radius 1 is 1.30 bits per heavy atom. The lowest BCUT2D eigenvalue weighted by molar-refractivity contribution is 0.0220. The Bertz CT molecular complexity index is 455. The van der Waals surface area contributed by atoms with Crippen molar-refractivity contribution in [2.24, 2.45) is 17.8 Å². The molecule has 4 atom stereocenters. The summed E-state index contributed by atoms with van der Waals surface area (Å²) in [5, 5.41) is 3.63. The molecule has 4 heteroatoms. The van der Waals surface area contributed by atoms with E-state index in [4.69, 9.17) is 4.74 Å². The summed E-state index contributed by atoms with van der Waals surface area (Å²) in [6.45, 7) is 8.77. The van der Waals surface area contributed by atoms with Crippen LogP contribution in [0.2, 0.25) is 0 Å². The lowest BCUT2D eigenvalue weighted by Crippen LogP contribution is -2.41. The number of ether oxygens (including phenoxy) is 1. The van der Waals surface area contributed by atoms with Crippen LogP contribution in [-0.4, -0.2) is 42.3 Å². The molecule has 1 saturated carbocycles. The number of amides is 1. The molecule has 0 aromatic rings. The number of fused-ring (bicyclic) bond motifs is 2. The number of allylic oxidation sites excluding steroid dienone is 2. The van der Waals surface area contributed by atoms with E-state index in [2.05, 4.69) is 17.5 Å². The maximum atomic E-state index is 12.3. The summed E-state index contributed by atoms with van der Waals surface area (Å²) in [5.74, 6) is 2.50. The maximum absolute atomic E-state index is 12.3. The number of nitrogens with zero attached hydrogens (tertiary/aromatic N) is 1. The van der Waals surface area contributed by atoms with Gasteiger partial charge >= 0.3 is 6.09 Å². The number of hydrogen-bond acceptors (Lipinski definition) is 3. The van der Waals surface area contributed by atoms with E-state index in [0.29, 0.717) is 6.04 Å². The topological polar surface area (TPSA) is 41.6 Å². The average Bonchev–Trinajstić information content (AvgIpc) is 3.17. The summed E-state index contributed by atoms with van der Waals surface area (Å²) in [5.41, 5.74) is -0.405. The number of rotatable bonds is 5. The van der Waals surface area contributed by atoms with Crippen molar-refractivity contribution in [3.8, 4) is 0 Å². The fraction of sp³-hybridized carbons (Fsp3) is 0.842. The summed E-state index contributed by atoms with van der Waals surface area (Å²) >= 11 is 0. The van der Waals surface area contributed by atoms with Gasteiger partial charge in [0, 0.05) is 12.6 Å². The fourth-order valence-corrected chi connectivity index (χ4v) is 4.38. The Labute approximate surface area is 140 Å². The highest BCUT2D eigenvalue weighted by Crippen LogP contribution is 2.42. The van der Waals surface area contributed by atoms with Gasteiger partial charge in [-0.2, -0.15) is 0 Å². The molecule has 3 rings (SSSR count). The second-order valence-electron chi connectivity index (χ2n) is 8.50. The maximum Gasteiger partial charge on any atom is 0.410 e. The van der Waals surface area contributed by atoms with E-state index < -0.39 is 5.60 Å². The Balaban J connectivity index is 1.37. The number of nitrogens with one attached hydrogen (secondary N) is 1. The lowest BCUT2D eigenvalue weighted by atomic mass is 9.93. The van der Waals surface area contributed by atoms with Crippen LogP contribution in [0.5, 0.6) is 0 Å². The van der Waals surface area contributed by atoms with Crippen LogP contribution in [0.4, 0.5) is 4.79 Å². The standard InChI is InChI=1S/C19H32N2O2/c1-19(2,3)23-18(22)21-10-4-5-17(21)8-9-20-13-16-12-14-6-7-15(16)11-14/h6-7,14-17,20H,4-5,8-13H2,1-3H3. The van der Waals surface area contributed by atoms with Gasteiger partial charge in [-0.1, -0.05) is 12.2 Å². The van der Waals surface area contributed by atoms with E-state index in [1.165, 1.54) is 12.8 Å². The highest BCUT2D eigenvalue weighted by atomic mass is 16.6. The molecular weight excluding hydrogens is 288 g/mol. The van der Waals surface area contributed by atoms with Crippen molar-refractivity contribution in [1.82, 2.24) is 10.2 Å². The number of carbonyl (C=O) groups excluding carboxylic acids is 1. The SMILES string of the molecule is CC(C)(C)OC(=O)N1CCCC1CCNCC1CC2C=CC1C2. The van der Waals surface area contributed by atoms with Crippen molar-refractivity contribution >= 4 is 6.09 Å². The van der Waals surface area contributed by atoms with Gasteiger partial charge < -0.3 is 15.0 Å². The molecule has 0 spiro atoms. The number of carbonyl (C=O) groups is 1. The number of hydrogen-bond donors (Lipinski definition) is 1. The van der Waals surface area contributed by atoms with Gasteiger partial charge in [0.2, 0.25) is 0 Å². The normalized spacial score (nSPS) is 32.7. The molecule has 0 radical (unpaired) electrons. The summed E-state index contributed by atoms with van der Waals surface area (Å²) in [6.07, 6.45) is 10.7. The molecule has 1 heterocycles. The largest absolute Gasteiger partial charge is 0.444 e. The molecule has 2 bridgehead atoms. The first-order valence-electron chi connectivity index (χ1n) is 9.31. The van der Waals surface area contributed by atoms with Crippen molar-refractivity contribution in [2.45, 2.75) is 64.5 Å². The molecule has 4 nitrogen and oxygen atoms in total. The first kappa shape index (κ1) is 16.8. The first-order valence-corrected chi connectivity index (χ1v) is 9.31. The monoisotopic (exact) mass is 320 g/mol. The van der Waals surface area contributed by atoms with Crippen LogP contribution in [-0.2, 0) is 4.74 Å². The van der Waals surface area contributed by atoms with E-state index in [9.17, 15) is 4.79 Å². The second kappa shape index (κ2) is 6.84. The van der Waals surface area contributed by atoms with Crippen LogP contribution < -0.4 is 5.32 Å². The van der Waals surface area contributed by atoms with Crippen LogP contribution in [0.1, 0.15) is 52.9 Å². The van der Waals surface area contributed by atoms with E-state index in [-0.39, 0.29) is 6.09 Å². The van der Waals surface area contributed by atoms with Gasteiger partial charge in [0.1, 0.15) is 5.60 Å². The molecule has 1 aliphatic heterocycles. The number of likely N-dealkylation sites (tertiary alicyclic amines) is 1. The molecule has 3 aliphatic rings. The fourth-order valence-electron chi connectivity index (χ4n) is 4.38. The summed E-state index contributed by atoms with van der Waals surface area (Å²) < 4.78 is 5.53. The highest BCUT2D eigenvalue weighted by Gasteiger charge is 2.35. The van der Waals surface area contributed by atoms with Crippen molar-refractivity contribution in [3.63, 3.8) is 0 Å². The predicted molar refractivity (Wildman–Crippen MR) is 92.3 cm³/mol. The van der Waals surface area contributed by atoms with Gasteiger partial charge in [-0.3, -0.25) is 0 Å². The Kier molecular flexibility index (Phi) is 5.00. The Hall–Kier alpha value is -1.03. The first-order chi connectivity index (χ1) is 10.9. The van der Waals surface area contributed by atoms with Crippen molar-refractivity contribution in [1.29, 1.82) is 0 Å². The van der Waals surface area contributed by atoms with Gasteiger partial charge in [0.25, 0.3) is 0 Å². The summed E-state index contributed by atoms with van der Waals surface area (Å²) in [6, 6.07) is 0.345. The predicted octanol–water partition coefficient (Wildman–Crippen LogP) is 3.58. The molecule has 130 valence electrons. The van der Waals surface area contributed by atoms with Crippen molar-refractivity contribution < 1.29 is 9.53 Å². The molecular formula is C19H32N2O2. The van der Waals surface area contributed by atoms with Crippen LogP contribution >= 0.6 is 0 Å². The van der Waals surface area contributed by atoms with E-state index in [1.807, 2.05) is 25.7 Å². The van der Waals surface area contributed by atoms with E-state index >= 15 is 0 Å². The minimum absolute atomic E-state index is 0.141. The Morgan fingerprint density at radius 3 is 2.78 bits per heavy atom. The molecule has 23 heavy (non-hydrogen) atoms. The molecule has 1 N–H and O–H groups in total. The molecule has 2 fully saturated rings. The third-order valence-electron chi connectivity index (χ3n) is 5.48. The van der Waals surface area contributed by atoms with Gasteiger partial charge in [-0.05, 0) is 83.7 Å². The zero-order valence-corrected chi connectivity index (χ0v) is 14.9. The molecule has 0 aromatic carbocycles. The molecule has 1 amide bonds. The smallest absolute Gasteiger partial charge is 0.410 e. The second-order valence-corrected chi connectivity index (χ2v) is 8.50. The third kappa shape index (κ3) is 4.28. The summed E-state index contributed by atoms with van der Waals surface area (Å²) in [7, 11) is 0. The quantitative estimate of drug-likeness (QED) is 0.622. The van der Waals surface area contributed by atoms with Gasteiger partial charge in [0.05, 0.1) is 0 Å². The Morgan fingerprint density at radius 2 is 2.13 bits per heavy atom. The van der Waals surface area contributed by atoms with Crippen molar-refractivity contribution in [3.05, 3.63) is 12.2 Å². The van der Waals surface area contributed by atoms with Crippen molar-refractivity contribution in [2.75, 3.05) is 19.6 Å². The third-order valence-corrected chi connectivity index (χ3v) is 5.48. The zero-order valence-electron chi connectivity index (χ0n) is 14.9. The average molecular weight is 320 g/mol. The summed E-state index contributed by atoms with van der Waals surface area (Å²) in [4.78, 5) is 14.2. The van der Waals surface area contributed by atoms with Crippen LogP contribution in [0.15, 0.2) is 12.2 Å². The molecule has 2 aliphatic carbocycles. The lowest BCUT2D eigenvalue weighted by Gasteiger charge is -2.29. The van der Waals surface area contributed by atoms with Gasteiger partial charge in [-0.15, -0.1) is 0 Å². The molecule has 1 saturated heterocycles. The van der Waals surface area contributed by atoms with Crippen LogP contribution in [0.25, 0.3) is 0 Å². The van der Waals surface area contributed by atoms with Gasteiger partial charge in [-0.25, -0.2) is 4.79 Å². The minimum atomic E-state index is -0.405. The highest BCUT2D eigenvalue weighted by molar-refractivity contribution is 5.68. The van der Waals surface area contributed by atoms with E-state index in [1.54, 1.807) is 0 Å². The van der Waals surface area contributed by atoms with Gasteiger partial charge in [0.15, 0.2) is 0 Å². The van der Waals surface area contributed by atoms with Crippen LogP contribution in [0.3, 0.4) is 0 Å². The van der Waals surface area contributed by atoms with Crippen LogP contribution in [0, 0.1) is 17.8 Å². The molecule has 0 aromatic heterocycles. The van der Waals surface area contributed by atoms with E-state index in [0.717, 1.165) is 56.7 Å².